The van der Waals surface area contributed by atoms with Crippen LogP contribution >= 0.6 is 0 Å². The van der Waals surface area contributed by atoms with Gasteiger partial charge in [0.2, 0.25) is 0 Å². The highest BCUT2D eigenvalue weighted by Crippen LogP contribution is 2.35. The Morgan fingerprint density at radius 3 is 2.31 bits per heavy atom. The molecule has 0 radical (unpaired) electrons. The highest BCUT2D eigenvalue weighted by atomic mass is 19.4. The molecule has 2 aromatic carbocycles. The highest BCUT2D eigenvalue weighted by molar-refractivity contribution is 5.81. The van der Waals surface area contributed by atoms with E-state index < -0.39 is 11.7 Å². The Morgan fingerprint density at radius 2 is 1.66 bits per heavy atom. The highest BCUT2D eigenvalue weighted by Gasteiger charge is 2.30. The van der Waals surface area contributed by atoms with Gasteiger partial charge in [-0.1, -0.05) is 6.07 Å². The van der Waals surface area contributed by atoms with Crippen LogP contribution in [0.25, 0.3) is 0 Å². The van der Waals surface area contributed by atoms with Crippen LogP contribution in [0.1, 0.15) is 5.56 Å². The second-order valence-electron chi connectivity index (χ2n) is 5.88. The lowest BCUT2D eigenvalue weighted by Crippen LogP contribution is -2.07. The molecule has 29 heavy (non-hydrogen) atoms. The number of alkyl halides is 3. The number of nitrogen functional groups attached to an aromatic ring is 1. The average molecular weight is 405 g/mol. The van der Waals surface area contributed by atoms with Gasteiger partial charge in [-0.25, -0.2) is 9.97 Å². The van der Waals surface area contributed by atoms with Gasteiger partial charge in [-0.2, -0.15) is 13.2 Å². The zero-order valence-corrected chi connectivity index (χ0v) is 15.5. The van der Waals surface area contributed by atoms with Crippen LogP contribution in [-0.4, -0.2) is 24.2 Å². The summed E-state index contributed by atoms with van der Waals surface area (Å²) in [6.45, 7) is 0. The fourth-order valence-corrected chi connectivity index (χ4v) is 2.53. The summed E-state index contributed by atoms with van der Waals surface area (Å²) in [6.07, 6.45) is -3.21. The van der Waals surface area contributed by atoms with Gasteiger partial charge in [0.25, 0.3) is 0 Å². The van der Waals surface area contributed by atoms with E-state index in [9.17, 15) is 13.2 Å². The molecule has 0 unspecified atom stereocenters. The minimum absolute atomic E-state index is 0.128. The standard InChI is InChI=1S/C19H18F3N5O2/c1-28-13-6-7-14(15(9-13)29-2)27-18-16(23)17(24-10-25-18)26-12-5-3-4-11(8-12)19(20,21)22/h3-10H,23H2,1-2H3,(H2,24,25,26,27). The number of hydrogen-bond acceptors (Lipinski definition) is 7. The maximum absolute atomic E-state index is 12.9. The number of halogens is 3. The third-order valence-electron chi connectivity index (χ3n) is 4.00. The number of anilines is 5. The zero-order chi connectivity index (χ0) is 21.0. The number of ether oxygens (including phenoxy) is 2. The topological polar surface area (TPSA) is 94.3 Å². The maximum Gasteiger partial charge on any atom is 0.416 e. The predicted molar refractivity (Wildman–Crippen MR) is 104 cm³/mol. The summed E-state index contributed by atoms with van der Waals surface area (Å²) in [7, 11) is 3.04. The molecule has 0 spiro atoms. The van der Waals surface area contributed by atoms with Crippen molar-refractivity contribution in [2.45, 2.75) is 6.18 Å². The third kappa shape index (κ3) is 4.60. The Hall–Kier alpha value is -3.69. The smallest absolute Gasteiger partial charge is 0.416 e. The normalized spacial score (nSPS) is 11.1. The molecular formula is C19H18F3N5O2. The first kappa shape index (κ1) is 20.1. The van der Waals surface area contributed by atoms with Crippen molar-refractivity contribution < 1.29 is 22.6 Å². The quantitative estimate of drug-likeness (QED) is 0.552. The Bertz CT molecular complexity index is 1010. The van der Waals surface area contributed by atoms with Crippen molar-refractivity contribution in [1.29, 1.82) is 0 Å². The van der Waals surface area contributed by atoms with E-state index in [-0.39, 0.29) is 23.0 Å². The van der Waals surface area contributed by atoms with Crippen LogP contribution in [0.3, 0.4) is 0 Å². The van der Waals surface area contributed by atoms with Crippen LogP contribution in [0.2, 0.25) is 0 Å². The van der Waals surface area contributed by atoms with Crippen molar-refractivity contribution >= 4 is 28.7 Å². The number of hydrogen-bond donors (Lipinski definition) is 3. The van der Waals surface area contributed by atoms with Crippen LogP contribution in [0, 0.1) is 0 Å². The Morgan fingerprint density at radius 1 is 0.931 bits per heavy atom. The second kappa shape index (κ2) is 8.13. The lowest BCUT2D eigenvalue weighted by atomic mass is 10.2. The van der Waals surface area contributed by atoms with E-state index in [1.54, 1.807) is 18.2 Å². The molecule has 4 N–H and O–H groups in total. The van der Waals surface area contributed by atoms with Gasteiger partial charge in [-0.3, -0.25) is 0 Å². The Labute approximate surface area is 164 Å². The van der Waals surface area contributed by atoms with E-state index >= 15 is 0 Å². The number of nitrogens with two attached hydrogens (primary N) is 1. The van der Waals surface area contributed by atoms with Gasteiger partial charge in [0.1, 0.15) is 23.5 Å². The molecule has 3 rings (SSSR count). The fourth-order valence-electron chi connectivity index (χ4n) is 2.53. The predicted octanol–water partition coefficient (Wildman–Crippen LogP) is 4.58. The molecular weight excluding hydrogens is 387 g/mol. The number of methoxy groups -OCH3 is 2. The largest absolute Gasteiger partial charge is 0.497 e. The van der Waals surface area contributed by atoms with Gasteiger partial charge >= 0.3 is 6.18 Å². The second-order valence-corrected chi connectivity index (χ2v) is 5.88. The molecule has 1 aromatic heterocycles. The summed E-state index contributed by atoms with van der Waals surface area (Å²) in [6, 6.07) is 9.86. The lowest BCUT2D eigenvalue weighted by Gasteiger charge is -2.15. The number of rotatable bonds is 6. The van der Waals surface area contributed by atoms with Gasteiger partial charge in [-0.05, 0) is 30.3 Å². The molecule has 0 aliphatic carbocycles. The fraction of sp³-hybridized carbons (Fsp3) is 0.158. The maximum atomic E-state index is 12.9. The molecule has 0 saturated carbocycles. The molecule has 7 nitrogen and oxygen atoms in total. The Kier molecular flexibility index (Phi) is 5.62. The number of aromatic nitrogens is 2. The molecule has 10 heteroatoms. The van der Waals surface area contributed by atoms with Gasteiger partial charge in [0.05, 0.1) is 25.5 Å². The summed E-state index contributed by atoms with van der Waals surface area (Å²) in [5.74, 6) is 1.52. The summed E-state index contributed by atoms with van der Waals surface area (Å²) >= 11 is 0. The molecule has 0 fully saturated rings. The van der Waals surface area contributed by atoms with Gasteiger partial charge < -0.3 is 25.8 Å². The molecule has 0 amide bonds. The van der Waals surface area contributed by atoms with E-state index in [1.165, 1.54) is 32.7 Å². The number of nitrogens with zero attached hydrogens (tertiary/aromatic N) is 2. The van der Waals surface area contributed by atoms with Crippen molar-refractivity contribution in [2.75, 3.05) is 30.6 Å². The van der Waals surface area contributed by atoms with Crippen LogP contribution in [0.4, 0.5) is 41.9 Å². The average Bonchev–Trinajstić information content (AvgIpc) is 2.71. The molecule has 1 heterocycles. The van der Waals surface area contributed by atoms with Crippen molar-refractivity contribution in [3.63, 3.8) is 0 Å². The van der Waals surface area contributed by atoms with E-state index in [4.69, 9.17) is 15.2 Å². The van der Waals surface area contributed by atoms with Crippen molar-refractivity contribution in [1.82, 2.24) is 9.97 Å². The van der Waals surface area contributed by atoms with E-state index in [2.05, 4.69) is 20.6 Å². The monoisotopic (exact) mass is 405 g/mol. The summed E-state index contributed by atoms with van der Waals surface area (Å²) in [4.78, 5) is 8.11. The number of benzene rings is 2. The van der Waals surface area contributed by atoms with Crippen molar-refractivity contribution in [3.05, 3.63) is 54.4 Å². The van der Waals surface area contributed by atoms with Crippen LogP contribution in [0.5, 0.6) is 11.5 Å². The minimum atomic E-state index is -4.45. The first-order chi connectivity index (χ1) is 13.8. The Balaban J connectivity index is 1.87. The van der Waals surface area contributed by atoms with E-state index in [0.717, 1.165) is 12.1 Å². The molecule has 152 valence electrons. The van der Waals surface area contributed by atoms with Crippen LogP contribution < -0.4 is 25.8 Å². The van der Waals surface area contributed by atoms with Crippen molar-refractivity contribution in [3.8, 4) is 11.5 Å². The SMILES string of the molecule is COc1ccc(Nc2ncnc(Nc3cccc(C(F)(F)F)c3)c2N)c(OC)c1. The first-order valence-electron chi connectivity index (χ1n) is 8.35. The molecule has 0 aliphatic rings. The van der Waals surface area contributed by atoms with Crippen LogP contribution in [-0.2, 0) is 6.18 Å². The molecule has 0 saturated heterocycles. The van der Waals surface area contributed by atoms with E-state index in [0.29, 0.717) is 17.2 Å². The third-order valence-corrected chi connectivity index (χ3v) is 4.00. The van der Waals surface area contributed by atoms with Crippen molar-refractivity contribution in [2.24, 2.45) is 0 Å². The van der Waals surface area contributed by atoms with Gasteiger partial charge in [-0.15, -0.1) is 0 Å². The minimum Gasteiger partial charge on any atom is -0.497 e. The van der Waals surface area contributed by atoms with E-state index in [1.807, 2.05) is 0 Å². The molecule has 0 bridgehead atoms. The number of nitrogens with one attached hydrogen (secondary N) is 2. The van der Waals surface area contributed by atoms with Gasteiger partial charge in [0, 0.05) is 11.8 Å². The molecule has 0 aliphatic heterocycles. The summed E-state index contributed by atoms with van der Waals surface area (Å²) in [5, 5.41) is 5.82. The molecule has 3 aromatic rings. The van der Waals surface area contributed by atoms with Gasteiger partial charge in [0.15, 0.2) is 11.6 Å². The molecule has 0 atom stereocenters. The summed E-state index contributed by atoms with van der Waals surface area (Å²) < 4.78 is 49.2. The lowest BCUT2D eigenvalue weighted by molar-refractivity contribution is -0.137. The van der Waals surface area contributed by atoms with Crippen LogP contribution in [0.15, 0.2) is 48.8 Å². The summed E-state index contributed by atoms with van der Waals surface area (Å²) in [5.41, 5.74) is 6.22. The first-order valence-corrected chi connectivity index (χ1v) is 8.35. The zero-order valence-electron chi connectivity index (χ0n) is 15.5.